The van der Waals surface area contributed by atoms with E-state index in [2.05, 4.69) is 22.2 Å². The molecule has 2 bridgehead atoms. The first-order chi connectivity index (χ1) is 12.0. The number of ether oxygens (including phenoxy) is 1. The summed E-state index contributed by atoms with van der Waals surface area (Å²) in [7, 11) is 5.88. The topological polar surface area (TPSA) is 70.8 Å². The molecule has 1 aromatic heterocycles. The van der Waals surface area contributed by atoms with Crippen molar-refractivity contribution in [3.05, 3.63) is 23.8 Å². The number of aromatic nitrogens is 1. The predicted octanol–water partition coefficient (Wildman–Crippen LogP) is 1.49. The average Bonchev–Trinajstić information content (AvgIpc) is 3.00. The minimum atomic E-state index is -0.0854. The second-order valence-corrected chi connectivity index (χ2v) is 7.20. The largest absolute Gasteiger partial charge is 0.423 e. The highest BCUT2D eigenvalue weighted by atomic mass is 16.5. The highest BCUT2D eigenvalue weighted by Crippen LogP contribution is 2.27. The number of rotatable bonds is 3. The third-order valence-electron chi connectivity index (χ3n) is 5.26. The Labute approximate surface area is 146 Å². The highest BCUT2D eigenvalue weighted by molar-refractivity contribution is 6.04. The second-order valence-electron chi connectivity index (χ2n) is 7.20. The van der Waals surface area contributed by atoms with Crippen LogP contribution in [0.4, 0.5) is 6.01 Å². The first-order valence-corrected chi connectivity index (χ1v) is 8.70. The van der Waals surface area contributed by atoms with Crippen LogP contribution in [-0.2, 0) is 4.74 Å². The quantitative estimate of drug-likeness (QED) is 0.910. The number of carbonyl (C=O) groups excluding carboxylic acids is 1. The Kier molecular flexibility index (Phi) is 4.13. The summed E-state index contributed by atoms with van der Waals surface area (Å²) < 4.78 is 11.3. The van der Waals surface area contributed by atoms with Crippen LogP contribution in [0.3, 0.4) is 0 Å². The normalized spacial score (nSPS) is 26.6. The van der Waals surface area contributed by atoms with Crippen LogP contribution in [0.15, 0.2) is 22.6 Å². The molecule has 2 saturated heterocycles. The van der Waals surface area contributed by atoms with Crippen molar-refractivity contribution in [1.29, 1.82) is 0 Å². The van der Waals surface area contributed by atoms with Gasteiger partial charge >= 0.3 is 0 Å². The Bertz CT molecular complexity index is 774. The van der Waals surface area contributed by atoms with Crippen LogP contribution in [0.5, 0.6) is 0 Å². The zero-order valence-electron chi connectivity index (χ0n) is 14.9. The molecule has 1 N–H and O–H groups in total. The van der Waals surface area contributed by atoms with E-state index >= 15 is 0 Å². The van der Waals surface area contributed by atoms with Gasteiger partial charge in [-0.1, -0.05) is 6.07 Å². The number of para-hydroxylation sites is 1. The first kappa shape index (κ1) is 16.4. The maximum Gasteiger partial charge on any atom is 0.297 e. The highest BCUT2D eigenvalue weighted by Gasteiger charge is 2.37. The van der Waals surface area contributed by atoms with Gasteiger partial charge in [0, 0.05) is 32.2 Å². The van der Waals surface area contributed by atoms with Crippen LogP contribution in [0.1, 0.15) is 23.2 Å². The summed E-state index contributed by atoms with van der Waals surface area (Å²) in [5, 5.41) is 3.20. The average molecular weight is 344 g/mol. The molecule has 0 aliphatic carbocycles. The number of amides is 1. The fourth-order valence-electron chi connectivity index (χ4n) is 3.79. The molecule has 2 atom stereocenters. The van der Waals surface area contributed by atoms with E-state index in [1.165, 1.54) is 0 Å². The smallest absolute Gasteiger partial charge is 0.297 e. The van der Waals surface area contributed by atoms with Crippen molar-refractivity contribution in [2.24, 2.45) is 0 Å². The molecule has 0 radical (unpaired) electrons. The molecule has 3 heterocycles. The predicted molar refractivity (Wildman–Crippen MR) is 95.0 cm³/mol. The molecule has 7 heteroatoms. The fourth-order valence-corrected chi connectivity index (χ4v) is 3.79. The number of nitrogens with one attached hydrogen (secondary N) is 1. The lowest BCUT2D eigenvalue weighted by molar-refractivity contribution is -0.0670. The van der Waals surface area contributed by atoms with Crippen LogP contribution >= 0.6 is 0 Å². The number of fused-ring (bicyclic) bond motifs is 3. The van der Waals surface area contributed by atoms with E-state index in [0.717, 1.165) is 26.1 Å². The summed E-state index contributed by atoms with van der Waals surface area (Å²) in [5.74, 6) is -0.0854. The Morgan fingerprint density at radius 1 is 1.28 bits per heavy atom. The van der Waals surface area contributed by atoms with Gasteiger partial charge in [0.25, 0.3) is 11.9 Å². The van der Waals surface area contributed by atoms with Gasteiger partial charge in [-0.25, -0.2) is 0 Å². The molecule has 2 aliphatic heterocycles. The van der Waals surface area contributed by atoms with Gasteiger partial charge in [-0.3, -0.25) is 9.69 Å². The molecule has 0 saturated carbocycles. The molecular weight excluding hydrogens is 320 g/mol. The summed E-state index contributed by atoms with van der Waals surface area (Å²) in [6.07, 6.45) is 1.83. The lowest BCUT2D eigenvalue weighted by atomic mass is 9.90. The van der Waals surface area contributed by atoms with E-state index < -0.39 is 0 Å². The Hall–Kier alpha value is -2.12. The summed E-state index contributed by atoms with van der Waals surface area (Å²) in [4.78, 5) is 21.5. The van der Waals surface area contributed by atoms with E-state index in [-0.39, 0.29) is 11.9 Å². The minimum absolute atomic E-state index is 0.0854. The number of hydrogen-bond acceptors (Lipinski definition) is 6. The van der Waals surface area contributed by atoms with Gasteiger partial charge in [0.2, 0.25) is 0 Å². The number of piperidine rings is 1. The van der Waals surface area contributed by atoms with Gasteiger partial charge in [-0.05, 0) is 32.0 Å². The Morgan fingerprint density at radius 2 is 2.00 bits per heavy atom. The number of morpholine rings is 1. The number of likely N-dealkylation sites (N-methyl/N-ethyl adjacent to an activating group) is 1. The molecule has 1 aromatic carbocycles. The third kappa shape index (κ3) is 2.98. The van der Waals surface area contributed by atoms with Gasteiger partial charge < -0.3 is 19.4 Å². The molecule has 7 nitrogen and oxygen atoms in total. The van der Waals surface area contributed by atoms with Gasteiger partial charge in [0.15, 0.2) is 5.58 Å². The molecule has 25 heavy (non-hydrogen) atoms. The van der Waals surface area contributed by atoms with Crippen molar-refractivity contribution in [3.63, 3.8) is 0 Å². The van der Waals surface area contributed by atoms with Gasteiger partial charge in [-0.2, -0.15) is 4.98 Å². The van der Waals surface area contributed by atoms with E-state index in [9.17, 15) is 4.79 Å². The van der Waals surface area contributed by atoms with Crippen molar-refractivity contribution in [3.8, 4) is 0 Å². The van der Waals surface area contributed by atoms with Crippen LogP contribution in [0.2, 0.25) is 0 Å². The zero-order valence-corrected chi connectivity index (χ0v) is 14.9. The lowest BCUT2D eigenvalue weighted by Gasteiger charge is -2.46. The zero-order chi connectivity index (χ0) is 17.6. The Morgan fingerprint density at radius 3 is 2.68 bits per heavy atom. The van der Waals surface area contributed by atoms with Crippen molar-refractivity contribution in [1.82, 2.24) is 15.2 Å². The number of oxazole rings is 1. The summed E-state index contributed by atoms with van der Waals surface area (Å²) in [5.41, 5.74) is 1.81. The number of anilines is 1. The summed E-state index contributed by atoms with van der Waals surface area (Å²) >= 11 is 0. The van der Waals surface area contributed by atoms with Crippen molar-refractivity contribution in [2.75, 3.05) is 39.3 Å². The maximum atomic E-state index is 12.9. The second kappa shape index (κ2) is 6.31. The molecule has 0 spiro atoms. The van der Waals surface area contributed by atoms with E-state index in [1.54, 1.807) is 11.0 Å². The molecule has 2 fully saturated rings. The van der Waals surface area contributed by atoms with Crippen LogP contribution in [0.25, 0.3) is 11.1 Å². The van der Waals surface area contributed by atoms with E-state index in [0.29, 0.717) is 34.8 Å². The van der Waals surface area contributed by atoms with Gasteiger partial charge in [0.05, 0.1) is 18.8 Å². The summed E-state index contributed by atoms with van der Waals surface area (Å²) in [6, 6.07) is 6.89. The van der Waals surface area contributed by atoms with Gasteiger partial charge in [0.1, 0.15) is 5.52 Å². The maximum absolute atomic E-state index is 12.9. The van der Waals surface area contributed by atoms with E-state index in [1.807, 2.05) is 26.2 Å². The lowest BCUT2D eigenvalue weighted by Crippen LogP contribution is -2.59. The minimum Gasteiger partial charge on any atom is -0.423 e. The number of carbonyl (C=O) groups is 1. The van der Waals surface area contributed by atoms with Crippen molar-refractivity contribution >= 4 is 23.0 Å². The third-order valence-corrected chi connectivity index (χ3v) is 5.26. The first-order valence-electron chi connectivity index (χ1n) is 8.70. The Balaban J connectivity index is 1.54. The molecule has 4 rings (SSSR count). The fraction of sp³-hybridized carbons (Fsp3) is 0.556. The number of nitrogens with zero attached hydrogens (tertiary/aromatic N) is 3. The molecule has 2 unspecified atom stereocenters. The number of benzene rings is 1. The monoisotopic (exact) mass is 344 g/mol. The van der Waals surface area contributed by atoms with Gasteiger partial charge in [-0.15, -0.1) is 0 Å². The SMILES string of the molecule is CN(C)c1nc2c(C(=O)NC3CC4COCC(C3)N4C)cccc2o1. The van der Waals surface area contributed by atoms with Crippen LogP contribution in [-0.4, -0.2) is 68.3 Å². The van der Waals surface area contributed by atoms with Crippen molar-refractivity contribution in [2.45, 2.75) is 31.0 Å². The number of hydrogen-bond donors (Lipinski definition) is 1. The van der Waals surface area contributed by atoms with Crippen LogP contribution in [0, 0.1) is 0 Å². The van der Waals surface area contributed by atoms with E-state index in [4.69, 9.17) is 9.15 Å². The molecule has 1 amide bonds. The molecular formula is C18H24N4O3. The standard InChI is InChI=1S/C18H24N4O3/c1-21(2)18-20-16-14(5-4-6-15(16)25-18)17(23)19-11-7-12-9-24-10-13(8-11)22(12)3/h4-6,11-13H,7-10H2,1-3H3,(H,19,23). The van der Waals surface area contributed by atoms with Crippen molar-refractivity contribution < 1.29 is 13.9 Å². The summed E-state index contributed by atoms with van der Waals surface area (Å²) in [6.45, 7) is 1.48. The van der Waals surface area contributed by atoms with Crippen LogP contribution < -0.4 is 10.2 Å². The molecule has 2 aromatic rings. The molecule has 2 aliphatic rings. The molecule has 134 valence electrons.